The standard InChI is InChI=1S/C42H70NO7P/c1-6-8-10-12-14-16-18-20-22-23-25-27-29-31-33-35-42(44)50-41(40-49-51(45,46)48-38-36-43(3,4)5)39-47-37-34-32-30-28-26-24-21-19-17-15-13-11-9-7-2/h8-11,14-17,20-22,24-25,27,31,33,41H,6-7,12-13,18-19,23,26,28-30,32,34-40H2,1-5H3/b10-8-,11-9-,16-14-,17-15-,22-20-,24-21-,27-25-,33-31-. The van der Waals surface area contributed by atoms with Crippen molar-refractivity contribution in [2.45, 2.75) is 110 Å². The molecule has 0 bridgehead atoms. The number of carbonyl (C=O) groups is 1. The Labute approximate surface area is 311 Å². The fraction of sp³-hybridized carbons (Fsp3) is 0.595. The Morgan fingerprint density at radius 1 is 0.608 bits per heavy atom. The Kier molecular flexibility index (Phi) is 32.8. The molecule has 0 N–H and O–H groups in total. The molecule has 0 aliphatic carbocycles. The summed E-state index contributed by atoms with van der Waals surface area (Å²) in [6.07, 6.45) is 46.0. The van der Waals surface area contributed by atoms with Crippen LogP contribution >= 0.6 is 7.82 Å². The minimum atomic E-state index is -4.56. The molecule has 2 unspecified atom stereocenters. The van der Waals surface area contributed by atoms with Crippen molar-refractivity contribution in [2.75, 3.05) is 54.1 Å². The van der Waals surface area contributed by atoms with Crippen molar-refractivity contribution in [3.8, 4) is 0 Å². The number of carbonyl (C=O) groups excluding carboxylic acids is 1. The molecule has 0 aromatic rings. The van der Waals surface area contributed by atoms with Crippen LogP contribution in [0.3, 0.4) is 0 Å². The lowest BCUT2D eigenvalue weighted by Gasteiger charge is -2.28. The quantitative estimate of drug-likeness (QED) is 0.0218. The Hall–Kier alpha value is -2.58. The molecule has 9 heteroatoms. The molecule has 0 heterocycles. The molecule has 0 radical (unpaired) electrons. The summed E-state index contributed by atoms with van der Waals surface area (Å²) in [5, 5.41) is 0. The summed E-state index contributed by atoms with van der Waals surface area (Å²) in [7, 11) is 1.26. The van der Waals surface area contributed by atoms with E-state index in [1.807, 2.05) is 27.2 Å². The maximum atomic E-state index is 12.6. The van der Waals surface area contributed by atoms with E-state index in [0.29, 0.717) is 24.1 Å². The summed E-state index contributed by atoms with van der Waals surface area (Å²) in [5.41, 5.74) is 0. The number of rotatable bonds is 33. The van der Waals surface area contributed by atoms with Crippen LogP contribution in [0, 0.1) is 0 Å². The molecule has 0 aromatic carbocycles. The molecular weight excluding hydrogens is 661 g/mol. The molecule has 0 saturated carbocycles. The SMILES string of the molecule is CC/C=C\C/C=C\C/C=C\C/C=C\C/C=C\CC(=O)OC(COCCCCCC/C=C\C/C=C\C/C=C\CC)COP(=O)([O-])OCC[N+](C)(C)C. The van der Waals surface area contributed by atoms with Gasteiger partial charge in [-0.3, -0.25) is 9.36 Å². The number of nitrogens with zero attached hydrogens (tertiary/aromatic N) is 1. The van der Waals surface area contributed by atoms with Gasteiger partial charge in [0.2, 0.25) is 0 Å². The molecule has 0 spiro atoms. The Morgan fingerprint density at radius 3 is 1.59 bits per heavy atom. The molecule has 0 aromatic heterocycles. The predicted molar refractivity (Wildman–Crippen MR) is 212 cm³/mol. The monoisotopic (exact) mass is 731 g/mol. The molecule has 51 heavy (non-hydrogen) atoms. The van der Waals surface area contributed by atoms with Crippen LogP contribution in [0.1, 0.15) is 104 Å². The lowest BCUT2D eigenvalue weighted by atomic mass is 10.1. The Balaban J connectivity index is 4.53. The van der Waals surface area contributed by atoms with Crippen LogP contribution in [0.5, 0.6) is 0 Å². The lowest BCUT2D eigenvalue weighted by molar-refractivity contribution is -0.870. The first-order valence-corrected chi connectivity index (χ1v) is 20.4. The first kappa shape index (κ1) is 48.4. The van der Waals surface area contributed by atoms with Gasteiger partial charge in [0.25, 0.3) is 7.82 Å². The first-order chi connectivity index (χ1) is 24.6. The second-order valence-electron chi connectivity index (χ2n) is 13.2. The van der Waals surface area contributed by atoms with E-state index in [1.165, 1.54) is 0 Å². The summed E-state index contributed by atoms with van der Waals surface area (Å²) in [6.45, 7) is 4.94. The normalized spacial score (nSPS) is 15.0. The maximum Gasteiger partial charge on any atom is 0.310 e. The van der Waals surface area contributed by atoms with E-state index in [0.717, 1.165) is 77.0 Å². The van der Waals surface area contributed by atoms with Gasteiger partial charge in [-0.1, -0.05) is 124 Å². The van der Waals surface area contributed by atoms with Crippen LogP contribution in [0.25, 0.3) is 0 Å². The number of phosphoric acid groups is 1. The highest BCUT2D eigenvalue weighted by Gasteiger charge is 2.20. The van der Waals surface area contributed by atoms with E-state index in [1.54, 1.807) is 6.08 Å². The fourth-order valence-electron chi connectivity index (χ4n) is 4.28. The zero-order chi connectivity index (χ0) is 37.7. The number of esters is 1. The van der Waals surface area contributed by atoms with Crippen LogP contribution in [-0.2, 0) is 27.9 Å². The molecule has 0 aliphatic heterocycles. The highest BCUT2D eigenvalue weighted by atomic mass is 31.2. The summed E-state index contributed by atoms with van der Waals surface area (Å²) in [6, 6.07) is 0. The number of allylic oxidation sites excluding steroid dienone is 15. The first-order valence-electron chi connectivity index (χ1n) is 19.0. The molecule has 0 rings (SSSR count). The van der Waals surface area contributed by atoms with Crippen LogP contribution < -0.4 is 4.89 Å². The summed E-state index contributed by atoms with van der Waals surface area (Å²) in [5.74, 6) is -0.475. The molecule has 2 atom stereocenters. The van der Waals surface area contributed by atoms with Crippen molar-refractivity contribution >= 4 is 13.8 Å². The third-order valence-corrected chi connectivity index (χ3v) is 8.13. The minimum Gasteiger partial charge on any atom is -0.756 e. The van der Waals surface area contributed by atoms with Crippen LogP contribution in [0.2, 0.25) is 0 Å². The molecule has 8 nitrogen and oxygen atoms in total. The topological polar surface area (TPSA) is 94.1 Å². The van der Waals surface area contributed by atoms with E-state index in [-0.39, 0.29) is 26.2 Å². The van der Waals surface area contributed by atoms with E-state index < -0.39 is 19.9 Å². The number of ether oxygens (including phenoxy) is 2. The van der Waals surface area contributed by atoms with Gasteiger partial charge in [-0.25, -0.2) is 0 Å². The van der Waals surface area contributed by atoms with Crippen molar-refractivity contribution in [2.24, 2.45) is 0 Å². The minimum absolute atomic E-state index is 0.000908. The van der Waals surface area contributed by atoms with E-state index in [9.17, 15) is 14.3 Å². The number of hydrogen-bond donors (Lipinski definition) is 0. The smallest absolute Gasteiger partial charge is 0.310 e. The third-order valence-electron chi connectivity index (χ3n) is 7.16. The van der Waals surface area contributed by atoms with Crippen LogP contribution in [0.4, 0.5) is 0 Å². The molecule has 0 amide bonds. The maximum absolute atomic E-state index is 12.6. The predicted octanol–water partition coefficient (Wildman–Crippen LogP) is 10.1. The van der Waals surface area contributed by atoms with Crippen LogP contribution in [0.15, 0.2) is 97.2 Å². The zero-order valence-electron chi connectivity index (χ0n) is 32.5. The van der Waals surface area contributed by atoms with Gasteiger partial charge in [-0.2, -0.15) is 0 Å². The number of hydrogen-bond acceptors (Lipinski definition) is 7. The third kappa shape index (κ3) is 38.5. The van der Waals surface area contributed by atoms with Crippen molar-refractivity contribution in [1.29, 1.82) is 0 Å². The van der Waals surface area contributed by atoms with E-state index in [4.69, 9.17) is 18.5 Å². The Bertz CT molecular complexity index is 1130. The van der Waals surface area contributed by atoms with Gasteiger partial charge in [0.05, 0.1) is 40.8 Å². The van der Waals surface area contributed by atoms with Gasteiger partial charge < -0.3 is 27.9 Å². The Morgan fingerprint density at radius 2 is 1.08 bits per heavy atom. The molecule has 0 aliphatic rings. The van der Waals surface area contributed by atoms with Gasteiger partial charge in [0.15, 0.2) is 0 Å². The summed E-state index contributed by atoms with van der Waals surface area (Å²) in [4.78, 5) is 24.9. The van der Waals surface area contributed by atoms with Crippen molar-refractivity contribution < 1.29 is 37.3 Å². The highest BCUT2D eigenvalue weighted by molar-refractivity contribution is 7.45. The average Bonchev–Trinajstić information content (AvgIpc) is 3.08. The number of likely N-dealkylation sites (N-methyl/N-ethyl adjacent to an activating group) is 1. The summed E-state index contributed by atoms with van der Waals surface area (Å²) < 4.78 is 34.3. The largest absolute Gasteiger partial charge is 0.756 e. The van der Waals surface area contributed by atoms with E-state index in [2.05, 4.69) is 98.9 Å². The second-order valence-corrected chi connectivity index (χ2v) is 14.6. The van der Waals surface area contributed by atoms with Gasteiger partial charge in [-0.15, -0.1) is 0 Å². The number of phosphoric ester groups is 1. The number of unbranched alkanes of at least 4 members (excludes halogenated alkanes) is 4. The van der Waals surface area contributed by atoms with Gasteiger partial charge in [0, 0.05) is 6.61 Å². The summed E-state index contributed by atoms with van der Waals surface area (Å²) >= 11 is 0. The van der Waals surface area contributed by atoms with E-state index >= 15 is 0 Å². The fourth-order valence-corrected chi connectivity index (χ4v) is 5.01. The van der Waals surface area contributed by atoms with Gasteiger partial charge >= 0.3 is 5.97 Å². The average molecular weight is 732 g/mol. The zero-order valence-corrected chi connectivity index (χ0v) is 33.4. The molecule has 0 saturated heterocycles. The molecular formula is C42H70NO7P. The lowest BCUT2D eigenvalue weighted by Crippen LogP contribution is -2.37. The highest BCUT2D eigenvalue weighted by Crippen LogP contribution is 2.38. The van der Waals surface area contributed by atoms with Crippen molar-refractivity contribution in [1.82, 2.24) is 0 Å². The van der Waals surface area contributed by atoms with Gasteiger partial charge in [0.1, 0.15) is 19.3 Å². The second kappa shape index (κ2) is 34.5. The number of quaternary nitrogens is 1. The van der Waals surface area contributed by atoms with Gasteiger partial charge in [-0.05, 0) is 70.6 Å². The molecule has 290 valence electrons. The molecule has 0 fully saturated rings. The van der Waals surface area contributed by atoms with Crippen LogP contribution in [-0.4, -0.2) is 70.7 Å². The van der Waals surface area contributed by atoms with Crippen molar-refractivity contribution in [3.05, 3.63) is 97.2 Å². The van der Waals surface area contributed by atoms with Crippen molar-refractivity contribution in [3.63, 3.8) is 0 Å².